The summed E-state index contributed by atoms with van der Waals surface area (Å²) in [5.74, 6) is 1.42. The average Bonchev–Trinajstić information content (AvgIpc) is 3.12. The molecule has 0 aliphatic carbocycles. The Morgan fingerprint density at radius 3 is 2.56 bits per heavy atom. The first-order valence-electron chi connectivity index (χ1n) is 7.96. The molecule has 0 amide bonds. The first-order chi connectivity index (χ1) is 12.2. The van der Waals surface area contributed by atoms with Crippen LogP contribution >= 0.6 is 0 Å². The number of ether oxygens (including phenoxy) is 4. The lowest BCUT2D eigenvalue weighted by Gasteiger charge is -2.08. The second kappa shape index (κ2) is 7.70. The van der Waals surface area contributed by atoms with E-state index < -0.39 is 5.97 Å². The Kier molecular flexibility index (Phi) is 5.18. The highest BCUT2D eigenvalue weighted by Crippen LogP contribution is 2.32. The van der Waals surface area contributed by atoms with E-state index >= 15 is 0 Å². The molecule has 0 atom stereocenters. The first-order valence-corrected chi connectivity index (χ1v) is 7.96. The Morgan fingerprint density at radius 2 is 1.80 bits per heavy atom. The van der Waals surface area contributed by atoms with E-state index in [1.807, 2.05) is 13.0 Å². The molecule has 0 aromatic heterocycles. The van der Waals surface area contributed by atoms with Crippen molar-refractivity contribution in [2.24, 2.45) is 0 Å². The maximum Gasteiger partial charge on any atom is 0.344 e. The largest absolute Gasteiger partial charge is 0.482 e. The minimum absolute atomic E-state index is 0.0645. The molecule has 3 rings (SSSR count). The molecule has 0 saturated heterocycles. The lowest BCUT2D eigenvalue weighted by molar-refractivity contribution is -0.147. The van der Waals surface area contributed by atoms with E-state index in [9.17, 15) is 9.59 Å². The molecule has 0 radical (unpaired) electrons. The van der Waals surface area contributed by atoms with Crippen LogP contribution in [0.25, 0.3) is 0 Å². The molecule has 0 N–H and O–H groups in total. The Hall–Kier alpha value is -3.02. The van der Waals surface area contributed by atoms with Gasteiger partial charge in [-0.2, -0.15) is 0 Å². The van der Waals surface area contributed by atoms with E-state index in [1.54, 1.807) is 36.4 Å². The molecule has 6 nitrogen and oxygen atoms in total. The van der Waals surface area contributed by atoms with E-state index in [0.717, 1.165) is 5.56 Å². The zero-order valence-corrected chi connectivity index (χ0v) is 13.8. The summed E-state index contributed by atoms with van der Waals surface area (Å²) in [6.07, 6.45) is 0.451. The van der Waals surface area contributed by atoms with Crippen LogP contribution in [0.5, 0.6) is 17.2 Å². The van der Waals surface area contributed by atoms with E-state index in [4.69, 9.17) is 18.9 Å². The lowest BCUT2D eigenvalue weighted by atomic mass is 10.1. The molecule has 2 aromatic rings. The van der Waals surface area contributed by atoms with Gasteiger partial charge in [0, 0.05) is 12.0 Å². The Balaban J connectivity index is 1.46. The molecule has 130 valence electrons. The van der Waals surface area contributed by atoms with Crippen LogP contribution in [0.2, 0.25) is 0 Å². The fourth-order valence-corrected chi connectivity index (χ4v) is 2.32. The van der Waals surface area contributed by atoms with Crippen molar-refractivity contribution in [2.75, 3.05) is 13.4 Å². The van der Waals surface area contributed by atoms with Gasteiger partial charge in [0.05, 0.1) is 0 Å². The van der Waals surface area contributed by atoms with Crippen molar-refractivity contribution in [3.63, 3.8) is 0 Å². The van der Waals surface area contributed by atoms with Crippen LogP contribution in [-0.2, 0) is 16.1 Å². The summed E-state index contributed by atoms with van der Waals surface area (Å²) < 4.78 is 21.0. The number of carbonyl (C=O) groups is 2. The second-order valence-corrected chi connectivity index (χ2v) is 5.44. The molecule has 25 heavy (non-hydrogen) atoms. The topological polar surface area (TPSA) is 71.1 Å². The number of Topliss-reactive ketones (excluding diaryl/α,β-unsaturated/α-hetero) is 1. The predicted molar refractivity (Wildman–Crippen MR) is 88.9 cm³/mol. The summed E-state index contributed by atoms with van der Waals surface area (Å²) in [7, 11) is 0. The zero-order valence-electron chi connectivity index (χ0n) is 13.8. The van der Waals surface area contributed by atoms with Crippen LogP contribution in [-0.4, -0.2) is 25.2 Å². The smallest absolute Gasteiger partial charge is 0.344 e. The van der Waals surface area contributed by atoms with Crippen molar-refractivity contribution >= 4 is 11.8 Å². The second-order valence-electron chi connectivity index (χ2n) is 5.44. The molecule has 1 aliphatic heterocycles. The summed E-state index contributed by atoms with van der Waals surface area (Å²) in [5, 5.41) is 0. The number of fused-ring (bicyclic) bond motifs is 1. The van der Waals surface area contributed by atoms with Gasteiger partial charge in [-0.05, 0) is 42.0 Å². The van der Waals surface area contributed by atoms with Crippen molar-refractivity contribution in [1.29, 1.82) is 0 Å². The van der Waals surface area contributed by atoms with Gasteiger partial charge in [-0.25, -0.2) is 4.79 Å². The number of hydrogen-bond donors (Lipinski definition) is 0. The SMILES string of the molecule is CCC(=O)c1ccc(OCC(=O)OCc2ccc3c(c2)OCO3)cc1. The summed E-state index contributed by atoms with van der Waals surface area (Å²) in [6, 6.07) is 12.0. The summed E-state index contributed by atoms with van der Waals surface area (Å²) in [5.41, 5.74) is 1.43. The Morgan fingerprint density at radius 1 is 1.04 bits per heavy atom. The number of esters is 1. The monoisotopic (exact) mass is 342 g/mol. The molecular formula is C19H18O6. The van der Waals surface area contributed by atoms with Gasteiger partial charge in [-0.1, -0.05) is 13.0 Å². The van der Waals surface area contributed by atoms with Gasteiger partial charge >= 0.3 is 5.97 Å². The van der Waals surface area contributed by atoms with Gasteiger partial charge in [0.1, 0.15) is 12.4 Å². The van der Waals surface area contributed by atoms with Gasteiger partial charge < -0.3 is 18.9 Å². The molecule has 2 aromatic carbocycles. The molecule has 0 spiro atoms. The van der Waals surface area contributed by atoms with E-state index in [1.165, 1.54) is 0 Å². The van der Waals surface area contributed by atoms with Crippen LogP contribution in [0.15, 0.2) is 42.5 Å². The van der Waals surface area contributed by atoms with Gasteiger partial charge in [0.15, 0.2) is 23.9 Å². The molecule has 0 unspecified atom stereocenters. The van der Waals surface area contributed by atoms with Crippen LogP contribution in [0, 0.1) is 0 Å². The zero-order chi connectivity index (χ0) is 17.6. The highest BCUT2D eigenvalue weighted by Gasteiger charge is 2.14. The number of ketones is 1. The van der Waals surface area contributed by atoms with Crippen LogP contribution < -0.4 is 14.2 Å². The highest BCUT2D eigenvalue weighted by atomic mass is 16.7. The third kappa shape index (κ3) is 4.29. The first kappa shape index (κ1) is 16.8. The van der Waals surface area contributed by atoms with Crippen molar-refractivity contribution in [3.8, 4) is 17.2 Å². The van der Waals surface area contributed by atoms with Crippen molar-refractivity contribution < 1.29 is 28.5 Å². The number of benzene rings is 2. The summed E-state index contributed by atoms with van der Waals surface area (Å²) in [6.45, 7) is 1.94. The van der Waals surface area contributed by atoms with Crippen LogP contribution in [0.3, 0.4) is 0 Å². The average molecular weight is 342 g/mol. The van der Waals surface area contributed by atoms with Crippen molar-refractivity contribution in [1.82, 2.24) is 0 Å². The molecule has 1 heterocycles. The number of hydrogen-bond acceptors (Lipinski definition) is 6. The lowest BCUT2D eigenvalue weighted by Crippen LogP contribution is -2.14. The molecule has 6 heteroatoms. The van der Waals surface area contributed by atoms with Crippen LogP contribution in [0.1, 0.15) is 29.3 Å². The van der Waals surface area contributed by atoms with Gasteiger partial charge in [0.25, 0.3) is 0 Å². The van der Waals surface area contributed by atoms with E-state index in [2.05, 4.69) is 0 Å². The van der Waals surface area contributed by atoms with Crippen LogP contribution in [0.4, 0.5) is 0 Å². The molecule has 0 fully saturated rings. The summed E-state index contributed by atoms with van der Waals surface area (Å²) in [4.78, 5) is 23.3. The van der Waals surface area contributed by atoms with E-state index in [-0.39, 0.29) is 25.8 Å². The maximum atomic E-state index is 11.8. The van der Waals surface area contributed by atoms with Crippen molar-refractivity contribution in [3.05, 3.63) is 53.6 Å². The van der Waals surface area contributed by atoms with Gasteiger partial charge in [-0.15, -0.1) is 0 Å². The highest BCUT2D eigenvalue weighted by molar-refractivity contribution is 5.95. The fourth-order valence-electron chi connectivity index (χ4n) is 2.32. The third-order valence-corrected chi connectivity index (χ3v) is 3.69. The number of rotatable bonds is 7. The third-order valence-electron chi connectivity index (χ3n) is 3.69. The predicted octanol–water partition coefficient (Wildman–Crippen LogP) is 3.13. The molecule has 0 saturated carbocycles. The van der Waals surface area contributed by atoms with Gasteiger partial charge in [-0.3, -0.25) is 4.79 Å². The maximum absolute atomic E-state index is 11.8. The molecule has 1 aliphatic rings. The normalized spacial score (nSPS) is 11.9. The quantitative estimate of drug-likeness (QED) is 0.569. The summed E-state index contributed by atoms with van der Waals surface area (Å²) >= 11 is 0. The molecule has 0 bridgehead atoms. The van der Waals surface area contributed by atoms with Gasteiger partial charge in [0.2, 0.25) is 6.79 Å². The standard InChI is InChI=1S/C19H18O6/c1-2-16(20)14-4-6-15(7-5-14)22-11-19(21)23-10-13-3-8-17-18(9-13)25-12-24-17/h3-9H,2,10-12H2,1H3. The fraction of sp³-hybridized carbons (Fsp3) is 0.263. The minimum Gasteiger partial charge on any atom is -0.482 e. The molecular weight excluding hydrogens is 324 g/mol. The number of carbonyl (C=O) groups excluding carboxylic acids is 2. The Labute approximate surface area is 145 Å². The Bertz CT molecular complexity index is 766. The minimum atomic E-state index is -0.480. The van der Waals surface area contributed by atoms with E-state index in [0.29, 0.717) is 29.2 Å². The van der Waals surface area contributed by atoms with Crippen molar-refractivity contribution in [2.45, 2.75) is 20.0 Å².